The molecule has 0 aromatic heterocycles. The molecule has 0 saturated carbocycles. The molecule has 0 spiro atoms. The van der Waals surface area contributed by atoms with E-state index in [1.165, 1.54) is 6.07 Å². The number of hydrogen-bond donors (Lipinski definition) is 0. The smallest absolute Gasteiger partial charge is 0.288 e. The van der Waals surface area contributed by atoms with Crippen LogP contribution in [0.2, 0.25) is 0 Å². The molecule has 2 aromatic carbocycles. The van der Waals surface area contributed by atoms with Crippen LogP contribution < -0.4 is 4.90 Å². The molecule has 2 aliphatic rings. The quantitative estimate of drug-likeness (QED) is 0.456. The minimum atomic E-state index is -3.80. The van der Waals surface area contributed by atoms with Crippen molar-refractivity contribution in [2.75, 3.05) is 50.4 Å². The van der Waals surface area contributed by atoms with Crippen molar-refractivity contribution < 1.29 is 22.9 Å². The van der Waals surface area contributed by atoms with Crippen LogP contribution in [-0.4, -0.2) is 80.5 Å². The first-order valence-corrected chi connectivity index (χ1v) is 13.4. The molecule has 0 N–H and O–H groups in total. The van der Waals surface area contributed by atoms with Crippen molar-refractivity contribution in [2.24, 2.45) is 5.92 Å². The van der Waals surface area contributed by atoms with E-state index < -0.39 is 31.3 Å². The van der Waals surface area contributed by atoms with Gasteiger partial charge >= 0.3 is 0 Å². The fourth-order valence-corrected chi connectivity index (χ4v) is 5.53. The van der Waals surface area contributed by atoms with Gasteiger partial charge < -0.3 is 14.7 Å². The number of carbonyl (C=O) groups excluding carboxylic acids is 2. The van der Waals surface area contributed by atoms with Crippen molar-refractivity contribution in [3.8, 4) is 0 Å². The Morgan fingerprint density at radius 3 is 2.11 bits per heavy atom. The number of para-hydroxylation sites is 1. The Morgan fingerprint density at radius 1 is 0.914 bits per heavy atom. The lowest BCUT2D eigenvalue weighted by Crippen LogP contribution is -2.52. The van der Waals surface area contributed by atoms with Gasteiger partial charge in [0.1, 0.15) is 4.90 Å². The molecule has 0 unspecified atom stereocenters. The summed E-state index contributed by atoms with van der Waals surface area (Å²) in [6, 6.07) is 13.5. The number of nitrogens with zero attached hydrogens (tertiary/aromatic N) is 4. The number of piperidine rings is 1. The van der Waals surface area contributed by atoms with Crippen LogP contribution in [0.5, 0.6) is 0 Å². The third-order valence-electron chi connectivity index (χ3n) is 6.65. The van der Waals surface area contributed by atoms with Gasteiger partial charge in [-0.05, 0) is 37.1 Å². The van der Waals surface area contributed by atoms with E-state index in [-0.39, 0.29) is 17.4 Å². The molecule has 2 heterocycles. The lowest BCUT2D eigenvalue weighted by Gasteiger charge is -2.39. The largest absolute Gasteiger partial charge is 0.368 e. The molecule has 2 amide bonds. The highest BCUT2D eigenvalue weighted by Crippen LogP contribution is 2.27. The summed E-state index contributed by atoms with van der Waals surface area (Å²) in [4.78, 5) is 41.9. The molecule has 0 atom stereocenters. The number of nitro benzene ring substituents is 1. The van der Waals surface area contributed by atoms with E-state index in [9.17, 15) is 28.1 Å². The summed E-state index contributed by atoms with van der Waals surface area (Å²) in [6.07, 6.45) is 1.93. The van der Waals surface area contributed by atoms with E-state index in [4.69, 9.17) is 0 Å². The SMILES string of the molecule is CS(=O)(=O)c1ccc(C(=O)N2CCC(C(=O)N3CCN(c4ccccc4)CC3)CC2)cc1[N+](=O)[O-]. The second kappa shape index (κ2) is 10.0. The first kappa shape index (κ1) is 24.6. The maximum Gasteiger partial charge on any atom is 0.288 e. The van der Waals surface area contributed by atoms with Gasteiger partial charge in [0.25, 0.3) is 11.6 Å². The summed E-state index contributed by atoms with van der Waals surface area (Å²) in [5.41, 5.74) is 0.597. The normalized spacial score (nSPS) is 17.3. The van der Waals surface area contributed by atoms with Crippen LogP contribution in [0.1, 0.15) is 23.2 Å². The third-order valence-corrected chi connectivity index (χ3v) is 7.79. The lowest BCUT2D eigenvalue weighted by molar-refractivity contribution is -0.387. The Morgan fingerprint density at radius 2 is 1.54 bits per heavy atom. The van der Waals surface area contributed by atoms with Gasteiger partial charge in [0, 0.05) is 68.8 Å². The van der Waals surface area contributed by atoms with Crippen LogP contribution in [0.15, 0.2) is 53.4 Å². The number of nitro groups is 1. The average molecular weight is 501 g/mol. The first-order valence-electron chi connectivity index (χ1n) is 11.5. The number of amides is 2. The highest BCUT2D eigenvalue weighted by atomic mass is 32.2. The molecule has 0 bridgehead atoms. The molecule has 4 rings (SSSR count). The van der Waals surface area contributed by atoms with Crippen molar-refractivity contribution in [3.63, 3.8) is 0 Å². The molecule has 11 heteroatoms. The zero-order chi connectivity index (χ0) is 25.2. The molecule has 0 radical (unpaired) electrons. The Hall–Kier alpha value is -3.47. The molecular formula is C24H28N4O6S. The van der Waals surface area contributed by atoms with Crippen molar-refractivity contribution in [1.82, 2.24) is 9.80 Å². The second-order valence-corrected chi connectivity index (χ2v) is 10.9. The number of carbonyl (C=O) groups is 2. The number of piperazine rings is 1. The van der Waals surface area contributed by atoms with Gasteiger partial charge in [0.05, 0.1) is 4.92 Å². The Balaban J connectivity index is 1.34. The minimum Gasteiger partial charge on any atom is -0.368 e. The fraction of sp³-hybridized carbons (Fsp3) is 0.417. The molecule has 2 fully saturated rings. The van der Waals surface area contributed by atoms with E-state index in [1.54, 1.807) is 4.90 Å². The zero-order valence-corrected chi connectivity index (χ0v) is 20.3. The maximum atomic E-state index is 13.1. The highest BCUT2D eigenvalue weighted by molar-refractivity contribution is 7.90. The molecule has 10 nitrogen and oxygen atoms in total. The van der Waals surface area contributed by atoms with Gasteiger partial charge in [-0.3, -0.25) is 19.7 Å². The number of hydrogen-bond acceptors (Lipinski definition) is 7. The molecule has 186 valence electrons. The molecule has 0 aliphatic carbocycles. The monoisotopic (exact) mass is 500 g/mol. The van der Waals surface area contributed by atoms with Crippen LogP contribution >= 0.6 is 0 Å². The molecule has 2 saturated heterocycles. The zero-order valence-electron chi connectivity index (χ0n) is 19.5. The minimum absolute atomic E-state index is 0.0610. The van der Waals surface area contributed by atoms with Crippen LogP contribution in [0, 0.1) is 16.0 Å². The summed E-state index contributed by atoms with van der Waals surface area (Å²) < 4.78 is 23.6. The predicted octanol–water partition coefficient (Wildman–Crippen LogP) is 2.20. The standard InChI is InChI=1S/C24H28N4O6S/c1-35(33,34)22-8-7-19(17-21(22)28(31)32)24(30)26-11-9-18(10-12-26)23(29)27-15-13-25(14-16-27)20-5-3-2-4-6-20/h2-8,17-18H,9-16H2,1H3. The van der Waals surface area contributed by atoms with Crippen LogP contribution in [-0.2, 0) is 14.6 Å². The summed E-state index contributed by atoms with van der Waals surface area (Å²) in [7, 11) is -3.80. The number of sulfone groups is 1. The van der Waals surface area contributed by atoms with E-state index in [1.807, 2.05) is 23.1 Å². The van der Waals surface area contributed by atoms with E-state index >= 15 is 0 Å². The van der Waals surface area contributed by atoms with Gasteiger partial charge in [-0.2, -0.15) is 0 Å². The van der Waals surface area contributed by atoms with E-state index in [0.717, 1.165) is 37.2 Å². The second-order valence-electron chi connectivity index (χ2n) is 8.93. The lowest BCUT2D eigenvalue weighted by atomic mass is 9.94. The number of likely N-dealkylation sites (tertiary alicyclic amines) is 1. The number of anilines is 1. The van der Waals surface area contributed by atoms with E-state index in [2.05, 4.69) is 17.0 Å². The topological polar surface area (TPSA) is 121 Å². The molecule has 2 aromatic rings. The molecule has 2 aliphatic heterocycles. The van der Waals surface area contributed by atoms with Gasteiger partial charge in [-0.25, -0.2) is 8.42 Å². The number of benzene rings is 2. The maximum absolute atomic E-state index is 13.1. The average Bonchev–Trinajstić information content (AvgIpc) is 2.87. The molecule has 35 heavy (non-hydrogen) atoms. The van der Waals surface area contributed by atoms with Crippen molar-refractivity contribution in [1.29, 1.82) is 0 Å². The van der Waals surface area contributed by atoms with Gasteiger partial charge in [-0.15, -0.1) is 0 Å². The van der Waals surface area contributed by atoms with Crippen molar-refractivity contribution in [2.45, 2.75) is 17.7 Å². The third kappa shape index (κ3) is 5.45. The van der Waals surface area contributed by atoms with Crippen molar-refractivity contribution >= 4 is 33.0 Å². The first-order chi connectivity index (χ1) is 16.6. The number of rotatable bonds is 5. The summed E-state index contributed by atoms with van der Waals surface area (Å²) in [5, 5.41) is 11.4. The van der Waals surface area contributed by atoms with Crippen LogP contribution in [0.3, 0.4) is 0 Å². The Labute approximate surface area is 204 Å². The highest BCUT2D eigenvalue weighted by Gasteiger charge is 2.33. The van der Waals surface area contributed by atoms with E-state index in [0.29, 0.717) is 39.0 Å². The van der Waals surface area contributed by atoms with Gasteiger partial charge in [-0.1, -0.05) is 18.2 Å². The fourth-order valence-electron chi connectivity index (χ4n) is 4.70. The summed E-state index contributed by atoms with van der Waals surface area (Å²) in [6.45, 7) is 3.58. The van der Waals surface area contributed by atoms with Gasteiger partial charge in [0.2, 0.25) is 5.91 Å². The summed E-state index contributed by atoms with van der Waals surface area (Å²) in [5.74, 6) is -0.460. The predicted molar refractivity (Wildman–Crippen MR) is 130 cm³/mol. The molecular weight excluding hydrogens is 472 g/mol. The Kier molecular flexibility index (Phi) is 7.06. The van der Waals surface area contributed by atoms with Crippen LogP contribution in [0.25, 0.3) is 0 Å². The van der Waals surface area contributed by atoms with Gasteiger partial charge in [0.15, 0.2) is 9.84 Å². The summed E-state index contributed by atoms with van der Waals surface area (Å²) >= 11 is 0. The Bertz CT molecular complexity index is 1220. The van der Waals surface area contributed by atoms with Crippen LogP contribution in [0.4, 0.5) is 11.4 Å². The van der Waals surface area contributed by atoms with Crippen molar-refractivity contribution in [3.05, 3.63) is 64.2 Å².